The smallest absolute Gasteiger partial charge is 0.277 e. The molecule has 0 radical (unpaired) electrons. The van der Waals surface area contributed by atoms with Crippen LogP contribution in [0.25, 0.3) is 21.5 Å². The molecule has 0 saturated heterocycles. The lowest BCUT2D eigenvalue weighted by atomic mass is 10.0. The van der Waals surface area contributed by atoms with Gasteiger partial charge >= 0.3 is 0 Å². The zero-order valence-electron chi connectivity index (χ0n) is 15.6. The summed E-state index contributed by atoms with van der Waals surface area (Å²) < 4.78 is 0. The molecule has 6 nitrogen and oxygen atoms in total. The quantitative estimate of drug-likeness (QED) is 0.224. The number of benzene rings is 4. The van der Waals surface area contributed by atoms with Crippen molar-refractivity contribution in [2.75, 3.05) is 5.32 Å². The van der Waals surface area contributed by atoms with Gasteiger partial charge in [0.15, 0.2) is 5.96 Å². The van der Waals surface area contributed by atoms with Crippen molar-refractivity contribution < 1.29 is 4.92 Å². The topological polar surface area (TPSA) is 93.5 Å². The second-order valence-corrected chi connectivity index (χ2v) is 7.14. The molecule has 142 valence electrons. The van der Waals surface area contributed by atoms with Crippen molar-refractivity contribution in [3.05, 3.63) is 88.0 Å². The van der Waals surface area contributed by atoms with E-state index in [1.165, 1.54) is 22.6 Å². The first-order valence-electron chi connectivity index (χ1n) is 9.42. The van der Waals surface area contributed by atoms with E-state index in [2.05, 4.69) is 34.6 Å². The van der Waals surface area contributed by atoms with E-state index in [-0.39, 0.29) is 16.6 Å². The maximum absolute atomic E-state index is 11.3. The summed E-state index contributed by atoms with van der Waals surface area (Å²) in [4.78, 5) is 15.5. The van der Waals surface area contributed by atoms with Crippen LogP contribution in [0.5, 0.6) is 0 Å². The van der Waals surface area contributed by atoms with Crippen LogP contribution >= 0.6 is 0 Å². The molecule has 0 fully saturated rings. The summed E-state index contributed by atoms with van der Waals surface area (Å²) in [6, 6.07) is 20.7. The Balaban J connectivity index is 1.56. The number of aryl methyl sites for hydroxylation is 2. The molecular formula is C23H18N4O2. The van der Waals surface area contributed by atoms with E-state index in [1.807, 2.05) is 18.2 Å². The summed E-state index contributed by atoms with van der Waals surface area (Å²) in [6.45, 7) is 0. The highest BCUT2D eigenvalue weighted by atomic mass is 16.6. The summed E-state index contributed by atoms with van der Waals surface area (Å²) in [6.07, 6.45) is 2.12. The molecule has 0 bridgehead atoms. The van der Waals surface area contributed by atoms with Gasteiger partial charge in [-0.1, -0.05) is 42.5 Å². The summed E-state index contributed by atoms with van der Waals surface area (Å²) in [5.74, 6) is 0.239. The monoisotopic (exact) mass is 382 g/mol. The molecule has 5 rings (SSSR count). The van der Waals surface area contributed by atoms with Crippen molar-refractivity contribution in [3.63, 3.8) is 0 Å². The lowest BCUT2D eigenvalue weighted by Crippen LogP contribution is -2.22. The molecule has 4 aromatic rings. The second-order valence-electron chi connectivity index (χ2n) is 7.14. The van der Waals surface area contributed by atoms with Gasteiger partial charge in [-0.3, -0.25) is 10.1 Å². The van der Waals surface area contributed by atoms with Gasteiger partial charge in [0.25, 0.3) is 5.69 Å². The van der Waals surface area contributed by atoms with Crippen molar-refractivity contribution in [1.82, 2.24) is 0 Å². The molecular weight excluding hydrogens is 364 g/mol. The molecule has 0 atom stereocenters. The van der Waals surface area contributed by atoms with Crippen LogP contribution < -0.4 is 11.1 Å². The fourth-order valence-corrected chi connectivity index (χ4v) is 4.18. The number of hydrogen-bond donors (Lipinski definition) is 2. The number of fused-ring (bicyclic) bond motifs is 1. The Kier molecular flexibility index (Phi) is 3.91. The van der Waals surface area contributed by atoms with Crippen LogP contribution in [0.2, 0.25) is 0 Å². The highest BCUT2D eigenvalue weighted by Gasteiger charge is 2.16. The van der Waals surface area contributed by atoms with E-state index in [9.17, 15) is 10.1 Å². The second kappa shape index (κ2) is 6.60. The Morgan fingerprint density at radius 2 is 1.62 bits per heavy atom. The van der Waals surface area contributed by atoms with E-state index < -0.39 is 0 Å². The van der Waals surface area contributed by atoms with E-state index in [1.54, 1.807) is 18.2 Å². The number of aliphatic imine (C=N–C) groups is 1. The minimum absolute atomic E-state index is 0.0640. The number of nitrogens with two attached hydrogens (primary N) is 1. The van der Waals surface area contributed by atoms with Gasteiger partial charge in [0, 0.05) is 22.5 Å². The fraction of sp³-hybridized carbons (Fsp3) is 0.0870. The molecule has 0 aliphatic heterocycles. The molecule has 0 spiro atoms. The van der Waals surface area contributed by atoms with Crippen LogP contribution in [-0.2, 0) is 12.8 Å². The maximum atomic E-state index is 11.3. The SMILES string of the molecule is NC(=Nc1ccc2c3c(cccc13)CC2)Nc1ccc([N+](=O)[O-])c2ccccc12. The van der Waals surface area contributed by atoms with Gasteiger partial charge in [0.05, 0.1) is 16.0 Å². The third-order valence-corrected chi connectivity index (χ3v) is 5.46. The predicted molar refractivity (Wildman–Crippen MR) is 117 cm³/mol. The number of guanidine groups is 1. The number of rotatable bonds is 3. The average molecular weight is 382 g/mol. The molecule has 0 heterocycles. The minimum Gasteiger partial charge on any atom is -0.369 e. The molecule has 1 aliphatic carbocycles. The zero-order valence-corrected chi connectivity index (χ0v) is 15.6. The van der Waals surface area contributed by atoms with Gasteiger partial charge in [-0.25, -0.2) is 4.99 Å². The number of nitrogens with one attached hydrogen (secondary N) is 1. The number of non-ortho nitro benzene ring substituents is 1. The minimum atomic E-state index is -0.379. The number of nitrogens with zero attached hydrogens (tertiary/aromatic N) is 2. The Labute approximate surface area is 166 Å². The standard InChI is InChI=1S/C23H18N4O2/c24-23(25-19-12-13-21(27(28)29)17-6-2-1-5-16(17)19)26-20-11-10-15-9-8-14-4-3-7-18(20)22(14)15/h1-7,10-13H,8-9H2,(H3,24,25,26). The van der Waals surface area contributed by atoms with Gasteiger partial charge in [-0.05, 0) is 47.6 Å². The third-order valence-electron chi connectivity index (χ3n) is 5.46. The molecule has 1 aliphatic rings. The normalized spacial score (nSPS) is 13.2. The predicted octanol–water partition coefficient (Wildman–Crippen LogP) is 5.06. The van der Waals surface area contributed by atoms with Crippen molar-refractivity contribution in [2.24, 2.45) is 10.7 Å². The molecule has 6 heteroatoms. The molecule has 3 N–H and O–H groups in total. The molecule has 4 aromatic carbocycles. The summed E-state index contributed by atoms with van der Waals surface area (Å²) in [5.41, 5.74) is 10.5. The van der Waals surface area contributed by atoms with Crippen LogP contribution in [0.4, 0.5) is 17.1 Å². The summed E-state index contributed by atoms with van der Waals surface area (Å²) in [7, 11) is 0. The van der Waals surface area contributed by atoms with Crippen molar-refractivity contribution in [2.45, 2.75) is 12.8 Å². The van der Waals surface area contributed by atoms with Gasteiger partial charge in [-0.15, -0.1) is 0 Å². The van der Waals surface area contributed by atoms with Crippen molar-refractivity contribution >= 4 is 44.6 Å². The molecule has 0 amide bonds. The third kappa shape index (κ3) is 2.86. The number of hydrogen-bond acceptors (Lipinski definition) is 3. The Morgan fingerprint density at radius 3 is 2.41 bits per heavy atom. The van der Waals surface area contributed by atoms with Gasteiger partial charge < -0.3 is 11.1 Å². The van der Waals surface area contributed by atoms with Gasteiger partial charge in [-0.2, -0.15) is 0 Å². The number of anilines is 1. The zero-order chi connectivity index (χ0) is 20.0. The van der Waals surface area contributed by atoms with E-state index in [0.717, 1.165) is 29.3 Å². The van der Waals surface area contributed by atoms with E-state index in [4.69, 9.17) is 5.73 Å². The lowest BCUT2D eigenvalue weighted by Gasteiger charge is -2.11. The average Bonchev–Trinajstić information content (AvgIpc) is 3.15. The number of nitro benzene ring substituents is 1. The van der Waals surface area contributed by atoms with Crippen LogP contribution in [0.15, 0.2) is 71.7 Å². The first-order valence-corrected chi connectivity index (χ1v) is 9.42. The Bertz CT molecular complexity index is 1320. The van der Waals surface area contributed by atoms with Gasteiger partial charge in [0.1, 0.15) is 0 Å². The van der Waals surface area contributed by atoms with Crippen molar-refractivity contribution in [3.8, 4) is 0 Å². The lowest BCUT2D eigenvalue weighted by molar-refractivity contribution is -0.383. The molecule has 29 heavy (non-hydrogen) atoms. The highest BCUT2D eigenvalue weighted by molar-refractivity contribution is 6.07. The van der Waals surface area contributed by atoms with Crippen molar-refractivity contribution in [1.29, 1.82) is 0 Å². The molecule has 0 aromatic heterocycles. The van der Waals surface area contributed by atoms with E-state index >= 15 is 0 Å². The first kappa shape index (κ1) is 17.2. The molecule has 0 saturated carbocycles. The fourth-order valence-electron chi connectivity index (χ4n) is 4.18. The first-order chi connectivity index (χ1) is 14.1. The van der Waals surface area contributed by atoms with Crippen LogP contribution in [0, 0.1) is 10.1 Å². The largest absolute Gasteiger partial charge is 0.369 e. The number of nitro groups is 1. The summed E-state index contributed by atoms with van der Waals surface area (Å²) >= 11 is 0. The van der Waals surface area contributed by atoms with Gasteiger partial charge in [0.2, 0.25) is 0 Å². The Morgan fingerprint density at radius 1 is 0.897 bits per heavy atom. The van der Waals surface area contributed by atoms with Crippen LogP contribution in [-0.4, -0.2) is 10.9 Å². The Hall–Kier alpha value is -3.93. The van der Waals surface area contributed by atoms with Crippen LogP contribution in [0.3, 0.4) is 0 Å². The maximum Gasteiger partial charge on any atom is 0.277 e. The molecule has 0 unspecified atom stereocenters. The summed E-state index contributed by atoms with van der Waals surface area (Å²) in [5, 5.41) is 18.1. The van der Waals surface area contributed by atoms with Crippen LogP contribution in [0.1, 0.15) is 11.1 Å². The highest BCUT2D eigenvalue weighted by Crippen LogP contribution is 2.36. The van der Waals surface area contributed by atoms with E-state index in [0.29, 0.717) is 11.1 Å².